The van der Waals surface area contributed by atoms with Crippen molar-refractivity contribution in [1.29, 1.82) is 0 Å². The van der Waals surface area contributed by atoms with Crippen LogP contribution in [0.3, 0.4) is 0 Å². The first-order valence-corrected chi connectivity index (χ1v) is 12.7. The second-order valence-corrected chi connectivity index (χ2v) is 9.87. The fourth-order valence-electron chi connectivity index (χ4n) is 5.20. The Kier molecular flexibility index (Phi) is 7.04. The first-order chi connectivity index (χ1) is 17.1. The summed E-state index contributed by atoms with van der Waals surface area (Å²) in [4.78, 5) is 18.5. The molecule has 0 saturated heterocycles. The van der Waals surface area contributed by atoms with Crippen LogP contribution in [-0.4, -0.2) is 36.6 Å². The second-order valence-electron chi connectivity index (χ2n) is 9.87. The Hall–Kier alpha value is -3.32. The molecule has 2 aromatic carbocycles. The number of nitrogens with one attached hydrogen (secondary N) is 1. The summed E-state index contributed by atoms with van der Waals surface area (Å²) in [5, 5.41) is 13.8. The predicted octanol–water partition coefficient (Wildman–Crippen LogP) is 4.88. The van der Waals surface area contributed by atoms with E-state index in [4.69, 9.17) is 0 Å². The van der Waals surface area contributed by atoms with Crippen LogP contribution in [0.1, 0.15) is 66.2 Å². The number of nitrogens with zero attached hydrogens (tertiary/aromatic N) is 5. The molecule has 1 fully saturated rings. The Balaban J connectivity index is 1.42. The number of H-pyrrole nitrogens is 1. The van der Waals surface area contributed by atoms with Gasteiger partial charge in [-0.05, 0) is 71.7 Å². The lowest BCUT2D eigenvalue weighted by molar-refractivity contribution is 0.235. The number of rotatable bonds is 8. The van der Waals surface area contributed by atoms with Gasteiger partial charge in [-0.1, -0.05) is 61.7 Å². The van der Waals surface area contributed by atoms with Gasteiger partial charge in [0.05, 0.1) is 18.1 Å². The minimum absolute atomic E-state index is 0.0252. The summed E-state index contributed by atoms with van der Waals surface area (Å²) in [6.07, 6.45) is 6.91. The largest absolute Gasteiger partial charge is 0.321 e. The van der Waals surface area contributed by atoms with Crippen molar-refractivity contribution in [1.82, 2.24) is 30.1 Å². The lowest BCUT2D eigenvalue weighted by Crippen LogP contribution is -2.30. The molecular formula is C28H34N6O. The maximum Gasteiger partial charge on any atom is 0.252 e. The van der Waals surface area contributed by atoms with Gasteiger partial charge in [-0.25, -0.2) is 4.68 Å². The van der Waals surface area contributed by atoms with Gasteiger partial charge in [-0.2, -0.15) is 0 Å². The van der Waals surface area contributed by atoms with Crippen LogP contribution in [0.4, 0.5) is 0 Å². The molecule has 1 N–H and O–H groups in total. The number of pyridine rings is 1. The fourth-order valence-corrected chi connectivity index (χ4v) is 5.20. The number of fused-ring (bicyclic) bond motifs is 1. The highest BCUT2D eigenvalue weighted by Crippen LogP contribution is 2.28. The number of aromatic amines is 1. The quantitative estimate of drug-likeness (QED) is 0.397. The molecule has 2 aromatic heterocycles. The van der Waals surface area contributed by atoms with E-state index in [1.54, 1.807) is 0 Å². The summed E-state index contributed by atoms with van der Waals surface area (Å²) >= 11 is 0. The lowest BCUT2D eigenvalue weighted by Gasteiger charge is -2.25. The van der Waals surface area contributed by atoms with Gasteiger partial charge in [-0.3, -0.25) is 9.69 Å². The average Bonchev–Trinajstić information content (AvgIpc) is 3.35. The molecule has 35 heavy (non-hydrogen) atoms. The molecule has 2 heterocycles. The highest BCUT2D eigenvalue weighted by Gasteiger charge is 2.22. The van der Waals surface area contributed by atoms with Gasteiger partial charge in [0, 0.05) is 18.7 Å². The number of tetrazole rings is 1. The van der Waals surface area contributed by atoms with E-state index in [0.717, 1.165) is 53.7 Å². The Morgan fingerprint density at radius 2 is 1.83 bits per heavy atom. The van der Waals surface area contributed by atoms with Crippen molar-refractivity contribution >= 4 is 10.9 Å². The molecule has 182 valence electrons. The molecule has 4 aromatic rings. The van der Waals surface area contributed by atoms with Crippen LogP contribution < -0.4 is 5.56 Å². The van der Waals surface area contributed by atoms with Crippen LogP contribution in [0.15, 0.2) is 53.3 Å². The normalized spacial score (nSPS) is 14.7. The molecule has 0 amide bonds. The average molecular weight is 471 g/mol. The predicted molar refractivity (Wildman–Crippen MR) is 138 cm³/mol. The summed E-state index contributed by atoms with van der Waals surface area (Å²) in [7, 11) is 0. The Morgan fingerprint density at radius 3 is 2.63 bits per heavy atom. The van der Waals surface area contributed by atoms with Crippen molar-refractivity contribution in [2.24, 2.45) is 0 Å². The fraction of sp³-hybridized carbons (Fsp3) is 0.429. The number of aromatic nitrogens is 5. The molecule has 0 radical (unpaired) electrons. The van der Waals surface area contributed by atoms with Crippen molar-refractivity contribution in [2.45, 2.75) is 71.5 Å². The van der Waals surface area contributed by atoms with Crippen LogP contribution in [0.5, 0.6) is 0 Å². The highest BCUT2D eigenvalue weighted by molar-refractivity contribution is 5.83. The van der Waals surface area contributed by atoms with Gasteiger partial charge < -0.3 is 4.98 Å². The smallest absolute Gasteiger partial charge is 0.252 e. The van der Waals surface area contributed by atoms with Crippen molar-refractivity contribution in [3.05, 3.63) is 87.0 Å². The van der Waals surface area contributed by atoms with E-state index in [9.17, 15) is 4.79 Å². The summed E-state index contributed by atoms with van der Waals surface area (Å²) in [6, 6.07) is 17.1. The molecule has 7 nitrogen and oxygen atoms in total. The third-order valence-electron chi connectivity index (χ3n) is 7.43. The molecular weight excluding hydrogens is 436 g/mol. The summed E-state index contributed by atoms with van der Waals surface area (Å²) in [5.41, 5.74) is 5.26. The van der Waals surface area contributed by atoms with Crippen LogP contribution in [0.25, 0.3) is 10.9 Å². The first-order valence-electron chi connectivity index (χ1n) is 12.7. The van der Waals surface area contributed by atoms with Crippen molar-refractivity contribution in [3.8, 4) is 0 Å². The van der Waals surface area contributed by atoms with Gasteiger partial charge >= 0.3 is 0 Å². The maximum absolute atomic E-state index is 13.1. The molecule has 7 heteroatoms. The van der Waals surface area contributed by atoms with E-state index in [0.29, 0.717) is 19.1 Å². The molecule has 1 aliphatic carbocycles. The third kappa shape index (κ3) is 5.35. The van der Waals surface area contributed by atoms with Gasteiger partial charge in [-0.15, -0.1) is 5.10 Å². The van der Waals surface area contributed by atoms with Crippen molar-refractivity contribution in [3.63, 3.8) is 0 Å². The monoisotopic (exact) mass is 470 g/mol. The molecule has 0 unspecified atom stereocenters. The lowest BCUT2D eigenvalue weighted by atomic mass is 9.95. The van der Waals surface area contributed by atoms with Crippen molar-refractivity contribution in [2.75, 3.05) is 6.54 Å². The van der Waals surface area contributed by atoms with Gasteiger partial charge in [0.25, 0.3) is 5.56 Å². The molecule has 0 atom stereocenters. The van der Waals surface area contributed by atoms with Crippen LogP contribution in [-0.2, 0) is 19.5 Å². The molecule has 0 aliphatic heterocycles. The van der Waals surface area contributed by atoms with E-state index in [-0.39, 0.29) is 5.56 Å². The van der Waals surface area contributed by atoms with Gasteiger partial charge in [0.15, 0.2) is 5.82 Å². The third-order valence-corrected chi connectivity index (χ3v) is 7.43. The highest BCUT2D eigenvalue weighted by atomic mass is 16.1. The van der Waals surface area contributed by atoms with Gasteiger partial charge in [0.2, 0.25) is 0 Å². The second kappa shape index (κ2) is 10.5. The van der Waals surface area contributed by atoms with E-state index >= 15 is 0 Å². The van der Waals surface area contributed by atoms with Crippen LogP contribution in [0.2, 0.25) is 0 Å². The Bertz CT molecular complexity index is 1340. The molecule has 1 aliphatic rings. The van der Waals surface area contributed by atoms with E-state index in [1.165, 1.54) is 30.4 Å². The van der Waals surface area contributed by atoms with E-state index in [2.05, 4.69) is 75.7 Å². The van der Waals surface area contributed by atoms with E-state index < -0.39 is 0 Å². The number of hydrogen-bond acceptors (Lipinski definition) is 5. The molecule has 0 bridgehead atoms. The minimum Gasteiger partial charge on any atom is -0.321 e. The maximum atomic E-state index is 13.1. The first kappa shape index (κ1) is 23.4. The van der Waals surface area contributed by atoms with Crippen LogP contribution >= 0.6 is 0 Å². The zero-order valence-electron chi connectivity index (χ0n) is 20.7. The summed E-state index contributed by atoms with van der Waals surface area (Å²) in [5.74, 6) is 0.883. The summed E-state index contributed by atoms with van der Waals surface area (Å²) in [6.45, 7) is 6.10. The minimum atomic E-state index is -0.0252. The number of aryl methyl sites for hydroxylation is 2. The number of hydrogen-bond donors (Lipinski definition) is 1. The molecule has 1 saturated carbocycles. The zero-order valence-corrected chi connectivity index (χ0v) is 20.7. The topological polar surface area (TPSA) is 79.7 Å². The molecule has 5 rings (SSSR count). The zero-order chi connectivity index (χ0) is 24.2. The SMILES string of the molecule is Cc1ccc2cc(CN(CCc3ccccc3)Cc3nnnn3C3CCCCC3)c(=O)[nH]c2c1C. The standard InChI is InChI=1S/C28H34N6O/c1-20-13-14-23-17-24(28(35)29-27(23)21(20)2)18-33(16-15-22-9-5-3-6-10-22)19-26-30-31-32-34(26)25-11-7-4-8-12-25/h3,5-6,9-10,13-14,17,25H,4,7-8,11-12,15-16,18-19H2,1-2H3,(H,29,35). The Labute approximate surface area is 206 Å². The summed E-state index contributed by atoms with van der Waals surface area (Å²) < 4.78 is 2.03. The molecule has 0 spiro atoms. The Morgan fingerprint density at radius 1 is 1.03 bits per heavy atom. The van der Waals surface area contributed by atoms with Crippen molar-refractivity contribution < 1.29 is 0 Å². The van der Waals surface area contributed by atoms with E-state index in [1.807, 2.05) is 16.8 Å². The van der Waals surface area contributed by atoms with Gasteiger partial charge in [0.1, 0.15) is 0 Å². The number of benzene rings is 2. The van der Waals surface area contributed by atoms with Crippen LogP contribution in [0, 0.1) is 13.8 Å².